The number of hydrogen-bond acceptors (Lipinski definition) is 4. The molecule has 0 saturated carbocycles. The maximum atomic E-state index is 12.1. The molecule has 0 fully saturated rings. The summed E-state index contributed by atoms with van der Waals surface area (Å²) in [4.78, 5) is 23.0. The van der Waals surface area contributed by atoms with Crippen molar-refractivity contribution in [2.45, 2.75) is 13.5 Å². The molecule has 3 rings (SSSR count). The molecule has 0 aliphatic carbocycles. The minimum Gasteiger partial charge on any atom is -0.461 e. The van der Waals surface area contributed by atoms with E-state index in [0.717, 1.165) is 5.56 Å². The van der Waals surface area contributed by atoms with Crippen molar-refractivity contribution in [1.82, 2.24) is 4.57 Å². The first-order valence-electron chi connectivity index (χ1n) is 7.02. The number of aldehydes is 1. The summed E-state index contributed by atoms with van der Waals surface area (Å²) in [5, 5.41) is 0. The minimum absolute atomic E-state index is 0.238. The molecule has 0 bridgehead atoms. The second-order valence-corrected chi connectivity index (χ2v) is 4.84. The molecule has 0 N–H and O–H groups in total. The third-order valence-corrected chi connectivity index (χ3v) is 3.39. The van der Waals surface area contributed by atoms with Crippen LogP contribution < -0.4 is 0 Å². The topological polar surface area (TPSA) is 61.4 Å². The minimum atomic E-state index is -0.405. The van der Waals surface area contributed by atoms with Gasteiger partial charge in [0, 0.05) is 18.7 Å². The molecule has 0 radical (unpaired) electrons. The lowest BCUT2D eigenvalue weighted by molar-refractivity contribution is 0.0515. The molecule has 1 aromatic carbocycles. The zero-order valence-electron chi connectivity index (χ0n) is 12.1. The van der Waals surface area contributed by atoms with Crippen molar-refractivity contribution in [2.75, 3.05) is 6.61 Å². The highest BCUT2D eigenvalue weighted by molar-refractivity contribution is 5.95. The highest BCUT2D eigenvalue weighted by Crippen LogP contribution is 2.25. The van der Waals surface area contributed by atoms with E-state index >= 15 is 0 Å². The molecule has 0 aliphatic heterocycles. The maximum Gasteiger partial charge on any atom is 0.355 e. The van der Waals surface area contributed by atoms with Crippen LogP contribution in [0, 0.1) is 0 Å². The van der Waals surface area contributed by atoms with Gasteiger partial charge in [-0.25, -0.2) is 4.79 Å². The summed E-state index contributed by atoms with van der Waals surface area (Å²) in [6.07, 6.45) is 0.650. The Kier molecular flexibility index (Phi) is 3.78. The number of esters is 1. The van der Waals surface area contributed by atoms with Crippen LogP contribution in [-0.4, -0.2) is 23.4 Å². The Hall–Kier alpha value is -2.82. The van der Waals surface area contributed by atoms with E-state index in [4.69, 9.17) is 9.15 Å². The predicted octanol–water partition coefficient (Wildman–Crippen LogP) is 3.27. The summed E-state index contributed by atoms with van der Waals surface area (Å²) >= 11 is 0. The fourth-order valence-corrected chi connectivity index (χ4v) is 2.43. The lowest BCUT2D eigenvalue weighted by Gasteiger charge is -2.09. The Bertz CT molecular complexity index is 814. The number of ether oxygens (including phenoxy) is 1. The first-order chi connectivity index (χ1) is 10.7. The van der Waals surface area contributed by atoms with Crippen LogP contribution in [0.25, 0.3) is 11.1 Å². The molecule has 0 amide bonds. The van der Waals surface area contributed by atoms with Gasteiger partial charge < -0.3 is 13.7 Å². The number of fused-ring (bicyclic) bond motifs is 1. The summed E-state index contributed by atoms with van der Waals surface area (Å²) in [5.74, 6) is -0.167. The van der Waals surface area contributed by atoms with Crippen LogP contribution >= 0.6 is 0 Å². The lowest BCUT2D eigenvalue weighted by atomic mass is 10.2. The van der Waals surface area contributed by atoms with Crippen molar-refractivity contribution in [3.05, 3.63) is 59.5 Å². The molecule has 22 heavy (non-hydrogen) atoms. The van der Waals surface area contributed by atoms with Crippen LogP contribution in [-0.2, 0) is 11.3 Å². The first kappa shape index (κ1) is 14.1. The third-order valence-electron chi connectivity index (χ3n) is 3.39. The number of hydrogen-bond donors (Lipinski definition) is 0. The van der Waals surface area contributed by atoms with Crippen LogP contribution in [0.15, 0.2) is 46.9 Å². The zero-order valence-corrected chi connectivity index (χ0v) is 12.1. The average molecular weight is 297 g/mol. The number of aromatic nitrogens is 1. The highest BCUT2D eigenvalue weighted by Gasteiger charge is 2.20. The van der Waals surface area contributed by atoms with Gasteiger partial charge >= 0.3 is 5.97 Å². The second kappa shape index (κ2) is 5.89. The van der Waals surface area contributed by atoms with Crippen molar-refractivity contribution < 1.29 is 18.7 Å². The highest BCUT2D eigenvalue weighted by atomic mass is 16.5. The smallest absolute Gasteiger partial charge is 0.355 e. The van der Waals surface area contributed by atoms with E-state index in [2.05, 4.69) is 0 Å². The van der Waals surface area contributed by atoms with Crippen LogP contribution in [0.3, 0.4) is 0 Å². The van der Waals surface area contributed by atoms with Gasteiger partial charge in [-0.2, -0.15) is 0 Å². The molecule has 5 nitrogen and oxygen atoms in total. The monoisotopic (exact) mass is 297 g/mol. The number of rotatable bonds is 5. The van der Waals surface area contributed by atoms with E-state index < -0.39 is 5.97 Å². The second-order valence-electron chi connectivity index (χ2n) is 4.84. The molecule has 112 valence electrons. The van der Waals surface area contributed by atoms with Gasteiger partial charge in [-0.3, -0.25) is 4.79 Å². The number of nitrogens with zero attached hydrogens (tertiary/aromatic N) is 1. The summed E-state index contributed by atoms with van der Waals surface area (Å²) in [5.41, 5.74) is 2.66. The fraction of sp³-hybridized carbons (Fsp3) is 0.176. The van der Waals surface area contributed by atoms with Gasteiger partial charge in [0.2, 0.25) is 0 Å². The average Bonchev–Trinajstić information content (AvgIpc) is 3.07. The van der Waals surface area contributed by atoms with Crippen molar-refractivity contribution in [1.29, 1.82) is 0 Å². The van der Waals surface area contributed by atoms with Crippen LogP contribution in [0.5, 0.6) is 0 Å². The van der Waals surface area contributed by atoms with E-state index in [0.29, 0.717) is 36.2 Å². The van der Waals surface area contributed by atoms with Crippen LogP contribution in [0.4, 0.5) is 0 Å². The predicted molar refractivity (Wildman–Crippen MR) is 81.1 cm³/mol. The van der Waals surface area contributed by atoms with Gasteiger partial charge in [0.15, 0.2) is 17.6 Å². The van der Waals surface area contributed by atoms with Gasteiger partial charge in [-0.05, 0) is 12.5 Å². The van der Waals surface area contributed by atoms with Gasteiger partial charge in [0.05, 0.1) is 12.1 Å². The maximum absolute atomic E-state index is 12.1. The molecular weight excluding hydrogens is 282 g/mol. The van der Waals surface area contributed by atoms with E-state index in [1.165, 1.54) is 0 Å². The Morgan fingerprint density at radius 1 is 1.27 bits per heavy atom. The van der Waals surface area contributed by atoms with Gasteiger partial charge in [0.25, 0.3) is 0 Å². The number of furan rings is 1. The van der Waals surface area contributed by atoms with Crippen LogP contribution in [0.2, 0.25) is 0 Å². The van der Waals surface area contributed by atoms with E-state index in [1.807, 2.05) is 30.3 Å². The molecule has 0 spiro atoms. The van der Waals surface area contributed by atoms with Crippen LogP contribution in [0.1, 0.15) is 33.5 Å². The Labute approximate surface area is 127 Å². The number of benzene rings is 1. The lowest BCUT2D eigenvalue weighted by Crippen LogP contribution is -2.12. The Balaban J connectivity index is 2.09. The van der Waals surface area contributed by atoms with Crippen molar-refractivity contribution in [2.24, 2.45) is 0 Å². The molecule has 0 unspecified atom stereocenters. The molecule has 0 atom stereocenters. The first-order valence-corrected chi connectivity index (χ1v) is 7.02. The molecule has 3 aromatic rings. The Morgan fingerprint density at radius 3 is 2.73 bits per heavy atom. The zero-order chi connectivity index (χ0) is 15.5. The van der Waals surface area contributed by atoms with Gasteiger partial charge in [0.1, 0.15) is 5.69 Å². The molecule has 5 heteroatoms. The number of carbonyl (C=O) groups is 2. The molecular formula is C17H15NO4. The molecule has 2 heterocycles. The van der Waals surface area contributed by atoms with E-state index in [9.17, 15) is 9.59 Å². The van der Waals surface area contributed by atoms with Crippen molar-refractivity contribution in [3.8, 4) is 0 Å². The van der Waals surface area contributed by atoms with Gasteiger partial charge in [-0.15, -0.1) is 0 Å². The summed E-state index contributed by atoms with van der Waals surface area (Å²) in [6, 6.07) is 13.0. The standard InChI is InChI=1S/C17H15NO4/c1-2-21-17(20)15-9-16-14(8-13(11-19)22-16)18(15)10-12-6-4-3-5-7-12/h3-9,11H,2,10H2,1H3. The van der Waals surface area contributed by atoms with Crippen molar-refractivity contribution in [3.63, 3.8) is 0 Å². The third kappa shape index (κ3) is 2.53. The SMILES string of the molecule is CCOC(=O)c1cc2oc(C=O)cc2n1Cc1ccccc1. The summed E-state index contributed by atoms with van der Waals surface area (Å²) in [7, 11) is 0. The fourth-order valence-electron chi connectivity index (χ4n) is 2.43. The summed E-state index contributed by atoms with van der Waals surface area (Å²) in [6.45, 7) is 2.56. The quantitative estimate of drug-likeness (QED) is 0.535. The largest absolute Gasteiger partial charge is 0.461 e. The number of carbonyl (C=O) groups excluding carboxylic acids is 2. The molecule has 2 aromatic heterocycles. The van der Waals surface area contributed by atoms with Gasteiger partial charge in [-0.1, -0.05) is 30.3 Å². The van der Waals surface area contributed by atoms with E-state index in [-0.39, 0.29) is 5.76 Å². The van der Waals surface area contributed by atoms with E-state index in [1.54, 1.807) is 23.6 Å². The van der Waals surface area contributed by atoms with Crippen molar-refractivity contribution >= 4 is 23.4 Å². The molecule has 0 saturated heterocycles. The molecule has 0 aliphatic rings. The summed E-state index contributed by atoms with van der Waals surface area (Å²) < 4.78 is 12.3. The Morgan fingerprint density at radius 2 is 2.05 bits per heavy atom. The normalized spacial score (nSPS) is 10.8.